The Labute approximate surface area is 122 Å². The van der Waals surface area contributed by atoms with Gasteiger partial charge in [-0.25, -0.2) is 0 Å². The molecule has 1 aromatic carbocycles. The van der Waals surface area contributed by atoms with Gasteiger partial charge in [0.1, 0.15) is 0 Å². The van der Waals surface area contributed by atoms with Crippen LogP contribution in [0.15, 0.2) is 24.3 Å². The van der Waals surface area contributed by atoms with Crippen molar-refractivity contribution in [3.05, 3.63) is 35.4 Å². The first kappa shape index (κ1) is 15.0. The maximum absolute atomic E-state index is 12.4. The summed E-state index contributed by atoms with van der Waals surface area (Å²) in [7, 11) is 0. The zero-order valence-electron chi connectivity index (χ0n) is 12.6. The van der Waals surface area contributed by atoms with Crippen LogP contribution in [0, 0.1) is 6.92 Å². The quantitative estimate of drug-likeness (QED) is 0.897. The first-order chi connectivity index (χ1) is 9.61. The Morgan fingerprint density at radius 2 is 2.10 bits per heavy atom. The summed E-state index contributed by atoms with van der Waals surface area (Å²) < 4.78 is 0. The molecule has 1 aromatic rings. The molecule has 2 rings (SSSR count). The minimum absolute atomic E-state index is 0.140. The summed E-state index contributed by atoms with van der Waals surface area (Å²) in [5, 5.41) is 0. The lowest BCUT2D eigenvalue weighted by Crippen LogP contribution is -2.46. The van der Waals surface area contributed by atoms with E-state index in [1.807, 2.05) is 4.90 Å². The van der Waals surface area contributed by atoms with E-state index in [0.717, 1.165) is 38.6 Å². The molecule has 1 aliphatic heterocycles. The van der Waals surface area contributed by atoms with Gasteiger partial charge in [0.25, 0.3) is 0 Å². The van der Waals surface area contributed by atoms with Crippen molar-refractivity contribution in [1.29, 1.82) is 0 Å². The number of hydrogen-bond acceptors (Lipinski definition) is 2. The molecule has 1 saturated heterocycles. The third kappa shape index (κ3) is 3.60. The highest BCUT2D eigenvalue weighted by atomic mass is 16.2. The highest BCUT2D eigenvalue weighted by molar-refractivity contribution is 5.82. The van der Waals surface area contributed by atoms with Gasteiger partial charge in [0, 0.05) is 12.6 Å². The van der Waals surface area contributed by atoms with E-state index in [1.54, 1.807) is 0 Å². The fourth-order valence-electron chi connectivity index (χ4n) is 2.98. The van der Waals surface area contributed by atoms with E-state index in [9.17, 15) is 4.79 Å². The molecule has 2 unspecified atom stereocenters. The normalized spacial score (nSPS) is 20.1. The molecular weight excluding hydrogens is 248 g/mol. The van der Waals surface area contributed by atoms with Crippen molar-refractivity contribution in [2.75, 3.05) is 6.54 Å². The van der Waals surface area contributed by atoms with Gasteiger partial charge in [-0.15, -0.1) is 0 Å². The summed E-state index contributed by atoms with van der Waals surface area (Å²) >= 11 is 0. The van der Waals surface area contributed by atoms with Gasteiger partial charge in [-0.1, -0.05) is 43.2 Å². The first-order valence-corrected chi connectivity index (χ1v) is 7.73. The summed E-state index contributed by atoms with van der Waals surface area (Å²) in [6.45, 7) is 5.03. The van der Waals surface area contributed by atoms with Crippen LogP contribution in [0.3, 0.4) is 0 Å². The third-order valence-corrected chi connectivity index (χ3v) is 4.17. The SMILES string of the molecule is CCCC(N)C(=O)N1CCCC1Cc1ccc(C)cc1. The number of aryl methyl sites for hydroxylation is 1. The second kappa shape index (κ2) is 6.89. The zero-order chi connectivity index (χ0) is 14.5. The molecule has 0 saturated carbocycles. The molecule has 0 radical (unpaired) electrons. The zero-order valence-corrected chi connectivity index (χ0v) is 12.6. The van der Waals surface area contributed by atoms with Crippen LogP contribution in [0.2, 0.25) is 0 Å². The lowest BCUT2D eigenvalue weighted by atomic mass is 10.0. The van der Waals surface area contributed by atoms with Crippen molar-refractivity contribution in [2.45, 2.75) is 58.0 Å². The number of hydrogen-bond donors (Lipinski definition) is 1. The van der Waals surface area contributed by atoms with Crippen LogP contribution in [0.1, 0.15) is 43.7 Å². The van der Waals surface area contributed by atoms with Gasteiger partial charge in [0.05, 0.1) is 6.04 Å². The van der Waals surface area contributed by atoms with Gasteiger partial charge >= 0.3 is 0 Å². The van der Waals surface area contributed by atoms with Gasteiger partial charge < -0.3 is 10.6 Å². The van der Waals surface area contributed by atoms with Crippen LogP contribution in [0.4, 0.5) is 0 Å². The Morgan fingerprint density at radius 3 is 2.75 bits per heavy atom. The predicted octanol–water partition coefficient (Wildman–Crippen LogP) is 2.66. The lowest BCUT2D eigenvalue weighted by Gasteiger charge is -2.27. The molecule has 0 aromatic heterocycles. The summed E-state index contributed by atoms with van der Waals surface area (Å²) in [5.41, 5.74) is 8.58. The van der Waals surface area contributed by atoms with Crippen molar-refractivity contribution in [3.8, 4) is 0 Å². The topological polar surface area (TPSA) is 46.3 Å². The number of carbonyl (C=O) groups excluding carboxylic acids is 1. The predicted molar refractivity (Wildman–Crippen MR) is 82.5 cm³/mol. The molecule has 1 fully saturated rings. The highest BCUT2D eigenvalue weighted by Gasteiger charge is 2.31. The summed E-state index contributed by atoms with van der Waals surface area (Å²) in [6.07, 6.45) is 4.89. The Bertz CT molecular complexity index is 441. The molecule has 2 N–H and O–H groups in total. The number of benzene rings is 1. The van der Waals surface area contributed by atoms with Crippen LogP contribution in [0.5, 0.6) is 0 Å². The van der Waals surface area contributed by atoms with Gasteiger partial charge in [-0.2, -0.15) is 0 Å². The van der Waals surface area contributed by atoms with Gasteiger partial charge in [-0.05, 0) is 38.2 Å². The van der Waals surface area contributed by atoms with Crippen LogP contribution < -0.4 is 5.73 Å². The fourth-order valence-corrected chi connectivity index (χ4v) is 2.98. The summed E-state index contributed by atoms with van der Waals surface area (Å²) in [6, 6.07) is 8.62. The number of carbonyl (C=O) groups is 1. The second-order valence-corrected chi connectivity index (χ2v) is 5.91. The van der Waals surface area contributed by atoms with Crippen molar-refractivity contribution in [2.24, 2.45) is 5.73 Å². The van der Waals surface area contributed by atoms with Crippen molar-refractivity contribution < 1.29 is 4.79 Å². The number of nitrogens with two attached hydrogens (primary N) is 1. The Morgan fingerprint density at radius 1 is 1.40 bits per heavy atom. The smallest absolute Gasteiger partial charge is 0.239 e. The third-order valence-electron chi connectivity index (χ3n) is 4.17. The summed E-state index contributed by atoms with van der Waals surface area (Å²) in [4.78, 5) is 14.4. The van der Waals surface area contributed by atoms with Crippen molar-refractivity contribution >= 4 is 5.91 Å². The number of nitrogens with zero attached hydrogens (tertiary/aromatic N) is 1. The molecule has 3 nitrogen and oxygen atoms in total. The molecule has 110 valence electrons. The average molecular weight is 274 g/mol. The summed E-state index contributed by atoms with van der Waals surface area (Å²) in [5.74, 6) is 0.140. The molecule has 1 amide bonds. The maximum atomic E-state index is 12.4. The van der Waals surface area contributed by atoms with E-state index < -0.39 is 0 Å². The Hall–Kier alpha value is -1.35. The number of likely N-dealkylation sites (tertiary alicyclic amines) is 1. The molecule has 1 aliphatic rings. The van der Waals surface area contributed by atoms with E-state index in [4.69, 9.17) is 5.73 Å². The minimum atomic E-state index is -0.321. The monoisotopic (exact) mass is 274 g/mol. The van der Waals surface area contributed by atoms with E-state index >= 15 is 0 Å². The Kier molecular flexibility index (Phi) is 5.18. The van der Waals surface area contributed by atoms with E-state index in [1.165, 1.54) is 11.1 Å². The van der Waals surface area contributed by atoms with E-state index in [0.29, 0.717) is 6.04 Å². The van der Waals surface area contributed by atoms with E-state index in [-0.39, 0.29) is 11.9 Å². The number of rotatable bonds is 5. The largest absolute Gasteiger partial charge is 0.338 e. The molecule has 3 heteroatoms. The van der Waals surface area contributed by atoms with Gasteiger partial charge in [-0.3, -0.25) is 4.79 Å². The molecule has 2 atom stereocenters. The lowest BCUT2D eigenvalue weighted by molar-refractivity contribution is -0.133. The molecule has 0 bridgehead atoms. The number of amides is 1. The molecule has 1 heterocycles. The van der Waals surface area contributed by atoms with Gasteiger partial charge in [0.15, 0.2) is 0 Å². The van der Waals surface area contributed by atoms with Gasteiger partial charge in [0.2, 0.25) is 5.91 Å². The molecule has 0 spiro atoms. The van der Waals surface area contributed by atoms with Crippen LogP contribution in [0.25, 0.3) is 0 Å². The average Bonchev–Trinajstić information content (AvgIpc) is 2.89. The molecular formula is C17H26N2O. The second-order valence-electron chi connectivity index (χ2n) is 5.91. The molecule has 0 aliphatic carbocycles. The minimum Gasteiger partial charge on any atom is -0.338 e. The fraction of sp³-hybridized carbons (Fsp3) is 0.588. The Balaban J connectivity index is 2.00. The van der Waals surface area contributed by atoms with Crippen LogP contribution >= 0.6 is 0 Å². The van der Waals surface area contributed by atoms with Crippen molar-refractivity contribution in [1.82, 2.24) is 4.90 Å². The standard InChI is InChI=1S/C17H26N2O/c1-3-5-16(18)17(20)19-11-4-6-15(19)12-14-9-7-13(2)8-10-14/h7-10,15-16H,3-6,11-12,18H2,1-2H3. The van der Waals surface area contributed by atoms with E-state index in [2.05, 4.69) is 38.1 Å². The van der Waals surface area contributed by atoms with Crippen molar-refractivity contribution in [3.63, 3.8) is 0 Å². The maximum Gasteiger partial charge on any atom is 0.239 e. The first-order valence-electron chi connectivity index (χ1n) is 7.73. The van der Waals surface area contributed by atoms with Crippen LogP contribution in [-0.2, 0) is 11.2 Å². The van der Waals surface area contributed by atoms with Crippen LogP contribution in [-0.4, -0.2) is 29.4 Å². The molecule has 20 heavy (non-hydrogen) atoms. The highest BCUT2D eigenvalue weighted by Crippen LogP contribution is 2.22.